The summed E-state index contributed by atoms with van der Waals surface area (Å²) in [6.45, 7) is 6.79. The van der Waals surface area contributed by atoms with E-state index in [1.165, 1.54) is 11.1 Å². The van der Waals surface area contributed by atoms with Gasteiger partial charge < -0.3 is 15.4 Å². The van der Waals surface area contributed by atoms with Crippen LogP contribution in [-0.2, 0) is 31.0 Å². The van der Waals surface area contributed by atoms with Crippen molar-refractivity contribution >= 4 is 6.09 Å². The minimum absolute atomic E-state index is 0.280. The Morgan fingerprint density at radius 1 is 1.21 bits per heavy atom. The van der Waals surface area contributed by atoms with Crippen LogP contribution in [0.3, 0.4) is 0 Å². The Morgan fingerprint density at radius 2 is 1.96 bits per heavy atom. The number of rotatable bonds is 3. The van der Waals surface area contributed by atoms with Gasteiger partial charge in [0.05, 0.1) is 17.9 Å². The first-order valence-electron chi connectivity index (χ1n) is 8.29. The molecule has 6 nitrogen and oxygen atoms in total. The lowest BCUT2D eigenvalue weighted by molar-refractivity contribution is 0.0941. The van der Waals surface area contributed by atoms with Gasteiger partial charge in [-0.3, -0.25) is 4.68 Å². The topological polar surface area (TPSA) is 73.4 Å². The number of aryl methyl sites for hydroxylation is 3. The molecule has 0 fully saturated rings. The molecular formula is C18H24N4O2. The first-order valence-corrected chi connectivity index (χ1v) is 8.29. The van der Waals surface area contributed by atoms with Gasteiger partial charge >= 0.3 is 6.09 Å². The monoisotopic (exact) mass is 328 g/mol. The number of hydrogen-bond acceptors (Lipinski definition) is 4. The molecular weight excluding hydrogens is 304 g/mol. The molecule has 6 heteroatoms. The van der Waals surface area contributed by atoms with Gasteiger partial charge in [-0.1, -0.05) is 29.3 Å². The van der Waals surface area contributed by atoms with E-state index in [0.717, 1.165) is 29.9 Å². The van der Waals surface area contributed by atoms with Crippen molar-refractivity contribution in [1.29, 1.82) is 0 Å². The van der Waals surface area contributed by atoms with Gasteiger partial charge in [-0.05, 0) is 31.9 Å². The molecule has 1 aliphatic heterocycles. The Bertz CT molecular complexity index is 718. The van der Waals surface area contributed by atoms with Crippen molar-refractivity contribution < 1.29 is 9.53 Å². The Morgan fingerprint density at radius 3 is 2.67 bits per heavy atom. The van der Waals surface area contributed by atoms with E-state index in [4.69, 9.17) is 10.5 Å². The van der Waals surface area contributed by atoms with Gasteiger partial charge in [0, 0.05) is 19.6 Å². The lowest BCUT2D eigenvalue weighted by Crippen LogP contribution is -2.31. The average molecular weight is 328 g/mol. The van der Waals surface area contributed by atoms with Gasteiger partial charge in [0.2, 0.25) is 0 Å². The van der Waals surface area contributed by atoms with E-state index in [2.05, 4.69) is 11.2 Å². The van der Waals surface area contributed by atoms with Crippen LogP contribution in [0.15, 0.2) is 24.3 Å². The molecule has 0 saturated carbocycles. The molecule has 2 aromatic rings. The predicted molar refractivity (Wildman–Crippen MR) is 91.2 cm³/mol. The van der Waals surface area contributed by atoms with Gasteiger partial charge in [-0.15, -0.1) is 0 Å². The fourth-order valence-corrected chi connectivity index (χ4v) is 3.17. The minimum atomic E-state index is -0.280. The molecule has 0 unspecified atom stereocenters. The van der Waals surface area contributed by atoms with Gasteiger partial charge in [0.25, 0.3) is 0 Å². The van der Waals surface area contributed by atoms with E-state index in [0.29, 0.717) is 26.2 Å². The summed E-state index contributed by atoms with van der Waals surface area (Å²) >= 11 is 0. The predicted octanol–water partition coefficient (Wildman–Crippen LogP) is 2.50. The van der Waals surface area contributed by atoms with Crippen LogP contribution < -0.4 is 5.73 Å². The highest BCUT2D eigenvalue weighted by atomic mass is 16.6. The molecule has 2 N–H and O–H groups in total. The van der Waals surface area contributed by atoms with Crippen LogP contribution in [0.2, 0.25) is 0 Å². The molecule has 3 rings (SSSR count). The standard InChI is InChI=1S/C18H24N4O2/c1-13-6-14(2)8-15(7-13)12-24-18(23)21-4-3-5-22-17(11-21)9-16(10-19)20-22/h6-9H,3-5,10-12,19H2,1-2H3. The molecule has 0 radical (unpaired) electrons. The van der Waals surface area contributed by atoms with E-state index < -0.39 is 0 Å². The lowest BCUT2D eigenvalue weighted by Gasteiger charge is -2.19. The fourth-order valence-electron chi connectivity index (χ4n) is 3.17. The highest BCUT2D eigenvalue weighted by Crippen LogP contribution is 2.16. The zero-order chi connectivity index (χ0) is 17.1. The second kappa shape index (κ2) is 7.05. The van der Waals surface area contributed by atoms with Crippen LogP contribution in [0.4, 0.5) is 4.79 Å². The molecule has 0 bridgehead atoms. The summed E-state index contributed by atoms with van der Waals surface area (Å²) in [5.74, 6) is 0. The number of nitrogens with two attached hydrogens (primary N) is 1. The third-order valence-corrected chi connectivity index (χ3v) is 4.18. The molecule has 1 aliphatic rings. The van der Waals surface area contributed by atoms with Crippen molar-refractivity contribution in [2.45, 2.75) is 46.5 Å². The minimum Gasteiger partial charge on any atom is -0.445 e. The van der Waals surface area contributed by atoms with Gasteiger partial charge in [-0.2, -0.15) is 5.10 Å². The number of aromatic nitrogens is 2. The third-order valence-electron chi connectivity index (χ3n) is 4.18. The molecule has 1 aromatic carbocycles. The quantitative estimate of drug-likeness (QED) is 0.939. The number of amides is 1. The van der Waals surface area contributed by atoms with Crippen LogP contribution >= 0.6 is 0 Å². The van der Waals surface area contributed by atoms with E-state index in [1.54, 1.807) is 4.90 Å². The summed E-state index contributed by atoms with van der Waals surface area (Å²) in [4.78, 5) is 14.2. The second-order valence-corrected chi connectivity index (χ2v) is 6.38. The summed E-state index contributed by atoms with van der Waals surface area (Å²) in [6.07, 6.45) is 0.579. The summed E-state index contributed by atoms with van der Waals surface area (Å²) in [7, 11) is 0. The normalized spacial score (nSPS) is 14.2. The highest BCUT2D eigenvalue weighted by Gasteiger charge is 2.21. The van der Waals surface area contributed by atoms with Crippen molar-refractivity contribution in [3.63, 3.8) is 0 Å². The van der Waals surface area contributed by atoms with Gasteiger partial charge in [-0.25, -0.2) is 4.79 Å². The molecule has 1 aromatic heterocycles. The number of fused-ring (bicyclic) bond motifs is 1. The Hall–Kier alpha value is -2.34. The fraction of sp³-hybridized carbons (Fsp3) is 0.444. The Balaban J connectivity index is 1.64. The number of nitrogens with zero attached hydrogens (tertiary/aromatic N) is 3. The van der Waals surface area contributed by atoms with Crippen LogP contribution in [0.25, 0.3) is 0 Å². The molecule has 0 atom stereocenters. The number of carbonyl (C=O) groups excluding carboxylic acids is 1. The Kier molecular flexibility index (Phi) is 4.85. The SMILES string of the molecule is Cc1cc(C)cc(COC(=O)N2CCCn3nc(CN)cc3C2)c1. The van der Waals surface area contributed by atoms with Gasteiger partial charge in [0.15, 0.2) is 0 Å². The molecule has 128 valence electrons. The van der Waals surface area contributed by atoms with Crippen LogP contribution in [0.1, 0.15) is 34.5 Å². The number of carbonyl (C=O) groups is 1. The highest BCUT2D eigenvalue weighted by molar-refractivity contribution is 5.67. The average Bonchev–Trinajstić information content (AvgIpc) is 2.82. The zero-order valence-corrected chi connectivity index (χ0v) is 14.3. The smallest absolute Gasteiger partial charge is 0.410 e. The first-order chi connectivity index (χ1) is 11.5. The van der Waals surface area contributed by atoms with Gasteiger partial charge in [0.1, 0.15) is 6.61 Å². The molecule has 0 spiro atoms. The van der Waals surface area contributed by atoms with Crippen LogP contribution in [0.5, 0.6) is 0 Å². The van der Waals surface area contributed by atoms with Crippen molar-refractivity contribution in [2.75, 3.05) is 6.54 Å². The van der Waals surface area contributed by atoms with E-state index >= 15 is 0 Å². The summed E-state index contributed by atoms with van der Waals surface area (Å²) in [5.41, 5.74) is 10.9. The van der Waals surface area contributed by atoms with Crippen LogP contribution in [-0.4, -0.2) is 27.3 Å². The lowest BCUT2D eigenvalue weighted by atomic mass is 10.1. The van der Waals surface area contributed by atoms with E-state index in [-0.39, 0.29) is 6.09 Å². The van der Waals surface area contributed by atoms with Crippen molar-refractivity contribution in [3.05, 3.63) is 52.3 Å². The van der Waals surface area contributed by atoms with Crippen molar-refractivity contribution in [1.82, 2.24) is 14.7 Å². The Labute approximate surface area is 142 Å². The van der Waals surface area contributed by atoms with Crippen molar-refractivity contribution in [3.8, 4) is 0 Å². The second-order valence-electron chi connectivity index (χ2n) is 6.38. The third kappa shape index (κ3) is 3.76. The zero-order valence-electron chi connectivity index (χ0n) is 14.3. The van der Waals surface area contributed by atoms with E-state index in [9.17, 15) is 4.79 Å². The molecule has 1 amide bonds. The van der Waals surface area contributed by atoms with Crippen molar-refractivity contribution in [2.24, 2.45) is 5.73 Å². The summed E-state index contributed by atoms with van der Waals surface area (Å²) in [6, 6.07) is 8.17. The maximum atomic E-state index is 12.4. The maximum absolute atomic E-state index is 12.4. The number of hydrogen-bond donors (Lipinski definition) is 1. The van der Waals surface area contributed by atoms with E-state index in [1.807, 2.05) is 36.7 Å². The molecule has 2 heterocycles. The number of ether oxygens (including phenoxy) is 1. The number of benzene rings is 1. The molecule has 0 saturated heterocycles. The largest absolute Gasteiger partial charge is 0.445 e. The van der Waals surface area contributed by atoms with Crippen LogP contribution in [0, 0.1) is 13.8 Å². The summed E-state index contributed by atoms with van der Waals surface area (Å²) < 4.78 is 7.46. The molecule has 24 heavy (non-hydrogen) atoms. The maximum Gasteiger partial charge on any atom is 0.410 e. The molecule has 0 aliphatic carbocycles. The summed E-state index contributed by atoms with van der Waals surface area (Å²) in [5, 5.41) is 4.45. The first kappa shape index (κ1) is 16.5.